The van der Waals surface area contributed by atoms with Crippen LogP contribution in [0.1, 0.15) is 43.0 Å². The first-order valence-corrected chi connectivity index (χ1v) is 13.4. The zero-order valence-corrected chi connectivity index (χ0v) is 27.4. The summed E-state index contributed by atoms with van der Waals surface area (Å²) in [5.41, 5.74) is 1.65. The first-order chi connectivity index (χ1) is 17.5. The molecule has 2 amide bonds. The smallest absolute Gasteiger partial charge is 0.251 e. The number of likely N-dealkylation sites (N-methyl/N-ethyl adjacent to an activating group) is 1. The third-order valence-electron chi connectivity index (χ3n) is 8.46. The van der Waals surface area contributed by atoms with Crippen molar-refractivity contribution in [3.8, 4) is 0 Å². The van der Waals surface area contributed by atoms with Gasteiger partial charge in [0.25, 0.3) is 5.91 Å². The Hall–Kier alpha value is -1.09. The van der Waals surface area contributed by atoms with Crippen LogP contribution in [0.3, 0.4) is 0 Å². The SMILES string of the molecule is CCN1CCN(c2ccc(C(=O)N[C@H](C(=O)N3C[C@H](OC)[C@H]4OCC(=O)[C@H]43)C3CCCC3)cc2)CC1.S.S.S.S. The van der Waals surface area contributed by atoms with Crippen molar-refractivity contribution in [3.05, 3.63) is 29.8 Å². The number of carbonyl (C=O) groups excluding carboxylic acids is 3. The van der Waals surface area contributed by atoms with Gasteiger partial charge >= 0.3 is 0 Å². The van der Waals surface area contributed by atoms with Crippen LogP contribution in [0.4, 0.5) is 5.69 Å². The van der Waals surface area contributed by atoms with E-state index in [2.05, 4.69) is 22.0 Å². The van der Waals surface area contributed by atoms with Crippen molar-refractivity contribution in [1.29, 1.82) is 0 Å². The molecule has 4 atom stereocenters. The van der Waals surface area contributed by atoms with Gasteiger partial charge in [-0.1, -0.05) is 19.8 Å². The fraction of sp³-hybridized carbons (Fsp3) is 0.667. The summed E-state index contributed by atoms with van der Waals surface area (Å²) in [5, 5.41) is 3.05. The number of ether oxygens (including phenoxy) is 2. The first-order valence-electron chi connectivity index (χ1n) is 13.4. The molecule has 1 saturated carbocycles. The number of hydrogen-bond donors (Lipinski definition) is 1. The van der Waals surface area contributed by atoms with Crippen molar-refractivity contribution < 1.29 is 23.9 Å². The normalized spacial score (nSPS) is 25.1. The van der Waals surface area contributed by atoms with E-state index in [0.29, 0.717) is 12.1 Å². The van der Waals surface area contributed by atoms with Crippen molar-refractivity contribution in [1.82, 2.24) is 15.1 Å². The molecule has 1 N–H and O–H groups in total. The van der Waals surface area contributed by atoms with Gasteiger partial charge in [0.05, 0.1) is 6.54 Å². The summed E-state index contributed by atoms with van der Waals surface area (Å²) >= 11 is 0. The lowest BCUT2D eigenvalue weighted by Crippen LogP contribution is -2.54. The van der Waals surface area contributed by atoms with Crippen LogP contribution in [0.25, 0.3) is 0 Å². The maximum atomic E-state index is 13.8. The molecule has 4 aliphatic rings. The molecule has 1 aliphatic carbocycles. The number of amides is 2. The van der Waals surface area contributed by atoms with Crippen molar-refractivity contribution in [2.24, 2.45) is 5.92 Å². The third-order valence-corrected chi connectivity index (χ3v) is 8.46. The zero-order valence-electron chi connectivity index (χ0n) is 23.4. The zero-order chi connectivity index (χ0) is 25.2. The van der Waals surface area contributed by atoms with E-state index < -0.39 is 18.2 Å². The van der Waals surface area contributed by atoms with Gasteiger partial charge in [-0.3, -0.25) is 14.4 Å². The number of hydrogen-bond acceptors (Lipinski definition) is 7. The quantitative estimate of drug-likeness (QED) is 0.489. The molecular formula is C27H46N4O5S4. The summed E-state index contributed by atoms with van der Waals surface area (Å²) in [7, 11) is 1.57. The fourth-order valence-electron chi connectivity index (χ4n) is 6.27. The van der Waals surface area contributed by atoms with Gasteiger partial charge in [-0.2, -0.15) is 54.0 Å². The minimum absolute atomic E-state index is 0. The molecule has 3 aliphatic heterocycles. The van der Waals surface area contributed by atoms with Crippen LogP contribution in [0.2, 0.25) is 0 Å². The van der Waals surface area contributed by atoms with Crippen LogP contribution in [0.15, 0.2) is 24.3 Å². The van der Waals surface area contributed by atoms with Gasteiger partial charge in [0, 0.05) is 44.5 Å². The Bertz CT molecular complexity index is 974. The molecule has 13 heteroatoms. The van der Waals surface area contributed by atoms with Crippen LogP contribution < -0.4 is 10.2 Å². The topological polar surface area (TPSA) is 91.4 Å². The van der Waals surface area contributed by atoms with E-state index >= 15 is 0 Å². The standard InChI is InChI=1S/C27H38N4O5.4H2S/c1-3-29-12-14-30(15-13-29)20-10-8-19(9-11-20)26(33)28-23(18-6-4-5-7-18)27(34)31-16-22(35-2)25-24(31)21(32)17-36-25;;;;/h8-11,18,22-25H,3-7,12-17H2,1-2H3,(H,28,33);4*1H2/t22-,23-,24+,25+;;;;/m0..../s1. The second-order valence-electron chi connectivity index (χ2n) is 10.4. The molecule has 0 unspecified atom stereocenters. The average Bonchev–Trinajstić information content (AvgIpc) is 3.66. The molecule has 0 bridgehead atoms. The molecule has 0 aromatic heterocycles. The Kier molecular flexibility index (Phi) is 15.3. The van der Waals surface area contributed by atoms with Crippen molar-refractivity contribution >= 4 is 77.3 Å². The third kappa shape index (κ3) is 7.64. The summed E-state index contributed by atoms with van der Waals surface area (Å²) in [5.74, 6) is -0.488. The van der Waals surface area contributed by atoms with Gasteiger partial charge in [-0.25, -0.2) is 0 Å². The van der Waals surface area contributed by atoms with E-state index in [1.165, 1.54) is 0 Å². The number of benzene rings is 1. The number of ketones is 1. The van der Waals surface area contributed by atoms with E-state index in [1.54, 1.807) is 12.0 Å². The lowest BCUT2D eigenvalue weighted by molar-refractivity contribution is -0.139. The monoisotopic (exact) mass is 634 g/mol. The van der Waals surface area contributed by atoms with Crippen LogP contribution in [-0.2, 0) is 19.1 Å². The maximum absolute atomic E-state index is 13.8. The molecule has 1 aromatic carbocycles. The van der Waals surface area contributed by atoms with E-state index in [1.807, 2.05) is 24.3 Å². The molecule has 3 heterocycles. The number of likely N-dealkylation sites (tertiary alicyclic amines) is 1. The number of rotatable bonds is 7. The molecule has 9 nitrogen and oxygen atoms in total. The van der Waals surface area contributed by atoms with Gasteiger partial charge in [0.2, 0.25) is 5.91 Å². The highest BCUT2D eigenvalue weighted by atomic mass is 32.1. The van der Waals surface area contributed by atoms with Crippen LogP contribution in [-0.4, -0.2) is 105 Å². The summed E-state index contributed by atoms with van der Waals surface area (Å²) < 4.78 is 11.2. The minimum atomic E-state index is -0.661. The molecular weight excluding hydrogens is 589 g/mol. The molecule has 0 radical (unpaired) electrons. The number of fused-ring (bicyclic) bond motifs is 1. The fourth-order valence-corrected chi connectivity index (χ4v) is 6.27. The lowest BCUT2D eigenvalue weighted by Gasteiger charge is -2.35. The molecule has 4 fully saturated rings. The van der Waals surface area contributed by atoms with Gasteiger partial charge in [0.15, 0.2) is 5.78 Å². The lowest BCUT2D eigenvalue weighted by atomic mass is 9.95. The molecule has 228 valence electrons. The molecule has 3 saturated heterocycles. The number of Topliss-reactive ketones (excluding diaryl/α,β-unsaturated/α-hetero) is 1. The summed E-state index contributed by atoms with van der Waals surface area (Å²) in [4.78, 5) is 46.0. The summed E-state index contributed by atoms with van der Waals surface area (Å²) in [6.45, 7) is 7.58. The van der Waals surface area contributed by atoms with Gasteiger partial charge < -0.3 is 29.5 Å². The Morgan fingerprint density at radius 2 is 1.65 bits per heavy atom. The Morgan fingerprint density at radius 1 is 1.02 bits per heavy atom. The van der Waals surface area contributed by atoms with Gasteiger partial charge in [-0.05, 0) is 49.6 Å². The highest BCUT2D eigenvalue weighted by Crippen LogP contribution is 2.33. The van der Waals surface area contributed by atoms with Crippen LogP contribution >= 0.6 is 54.0 Å². The predicted molar refractivity (Wildman–Crippen MR) is 177 cm³/mol. The van der Waals surface area contributed by atoms with Crippen LogP contribution in [0.5, 0.6) is 0 Å². The van der Waals surface area contributed by atoms with Crippen LogP contribution in [0, 0.1) is 5.92 Å². The molecule has 40 heavy (non-hydrogen) atoms. The highest BCUT2D eigenvalue weighted by molar-refractivity contribution is 7.59. The number of piperazine rings is 1. The summed E-state index contributed by atoms with van der Waals surface area (Å²) in [6, 6.07) is 6.38. The minimum Gasteiger partial charge on any atom is -0.377 e. The molecule has 5 rings (SSSR count). The largest absolute Gasteiger partial charge is 0.377 e. The Balaban J connectivity index is 0.00000200. The van der Waals surface area contributed by atoms with E-state index in [9.17, 15) is 14.4 Å². The molecule has 1 aromatic rings. The van der Waals surface area contributed by atoms with E-state index in [-0.39, 0.29) is 90.2 Å². The summed E-state index contributed by atoms with van der Waals surface area (Å²) in [6.07, 6.45) is 3.09. The van der Waals surface area contributed by atoms with Crippen molar-refractivity contribution in [2.45, 2.75) is 56.9 Å². The Morgan fingerprint density at radius 3 is 2.23 bits per heavy atom. The Labute approximate surface area is 265 Å². The number of carbonyl (C=O) groups is 3. The van der Waals surface area contributed by atoms with E-state index in [4.69, 9.17) is 9.47 Å². The second kappa shape index (κ2) is 16.5. The predicted octanol–water partition coefficient (Wildman–Crippen LogP) is 1.76. The van der Waals surface area contributed by atoms with Crippen molar-refractivity contribution in [2.75, 3.05) is 57.9 Å². The average molecular weight is 635 g/mol. The second-order valence-corrected chi connectivity index (χ2v) is 10.4. The maximum Gasteiger partial charge on any atom is 0.251 e. The van der Waals surface area contributed by atoms with Gasteiger partial charge in [-0.15, -0.1) is 0 Å². The van der Waals surface area contributed by atoms with E-state index in [0.717, 1.165) is 64.1 Å². The number of methoxy groups -OCH3 is 1. The van der Waals surface area contributed by atoms with Gasteiger partial charge in [0.1, 0.15) is 30.9 Å². The number of nitrogens with zero attached hydrogens (tertiary/aromatic N) is 3. The first kappa shape index (κ1) is 36.9. The van der Waals surface area contributed by atoms with Crippen molar-refractivity contribution in [3.63, 3.8) is 0 Å². The number of nitrogens with one attached hydrogen (secondary N) is 1. The number of anilines is 1. The highest BCUT2D eigenvalue weighted by Gasteiger charge is 2.54. The molecule has 0 spiro atoms.